The summed E-state index contributed by atoms with van der Waals surface area (Å²) in [5, 5.41) is 15.4. The summed E-state index contributed by atoms with van der Waals surface area (Å²) < 4.78 is 18.8. The molecule has 1 fully saturated rings. The van der Waals surface area contributed by atoms with Crippen molar-refractivity contribution in [3.8, 4) is 16.9 Å². The van der Waals surface area contributed by atoms with E-state index in [0.29, 0.717) is 30.8 Å². The summed E-state index contributed by atoms with van der Waals surface area (Å²) in [7, 11) is 1.68. The van der Waals surface area contributed by atoms with E-state index in [1.54, 1.807) is 37.1 Å². The molecular weight excluding hydrogens is 687 g/mol. The summed E-state index contributed by atoms with van der Waals surface area (Å²) >= 11 is 1.70. The quantitative estimate of drug-likeness (QED) is 0.0626. The molecule has 1 heterocycles. The molecule has 53 heavy (non-hydrogen) atoms. The lowest BCUT2D eigenvalue weighted by Crippen LogP contribution is -2.31. The number of aliphatic hydroxyl groups is 1. The van der Waals surface area contributed by atoms with E-state index >= 15 is 0 Å². The van der Waals surface area contributed by atoms with Crippen molar-refractivity contribution in [1.82, 2.24) is 5.32 Å². The van der Waals surface area contributed by atoms with Gasteiger partial charge in [-0.15, -0.1) is 11.8 Å². The minimum atomic E-state index is -0.593. The van der Waals surface area contributed by atoms with Crippen molar-refractivity contribution < 1.29 is 28.9 Å². The van der Waals surface area contributed by atoms with Crippen molar-refractivity contribution >= 4 is 35.0 Å². The number of carbonyl (C=O) groups excluding carboxylic acids is 2. The van der Waals surface area contributed by atoms with Crippen LogP contribution in [-0.4, -0.2) is 35.9 Å². The SMILES string of the molecule is COc1ccccc1SC[C@H]1C[C@@H](c2ccc(CO)cc2)O[C@@H](c2cccc(-c3cccc(CNC(=O)CCCC(=O)Nc4ccccc4N)c3)c2)O1. The number of para-hydroxylation sites is 3. The van der Waals surface area contributed by atoms with Gasteiger partial charge in [-0.25, -0.2) is 0 Å². The summed E-state index contributed by atoms with van der Waals surface area (Å²) in [6, 6.07) is 39.2. The minimum absolute atomic E-state index is 0.0116. The molecule has 1 aliphatic rings. The minimum Gasteiger partial charge on any atom is -0.496 e. The van der Waals surface area contributed by atoms with Crippen molar-refractivity contribution in [3.63, 3.8) is 0 Å². The van der Waals surface area contributed by atoms with Crippen LogP contribution in [0.25, 0.3) is 11.1 Å². The van der Waals surface area contributed by atoms with Crippen LogP contribution in [0, 0.1) is 0 Å². The molecule has 5 aromatic rings. The zero-order valence-corrected chi connectivity index (χ0v) is 30.5. The van der Waals surface area contributed by atoms with Crippen LogP contribution < -0.4 is 21.1 Å². The van der Waals surface area contributed by atoms with Gasteiger partial charge < -0.3 is 35.7 Å². The number of ether oxygens (including phenoxy) is 3. The number of thioether (sulfide) groups is 1. The van der Waals surface area contributed by atoms with E-state index in [9.17, 15) is 14.7 Å². The molecule has 0 spiro atoms. The predicted molar refractivity (Wildman–Crippen MR) is 209 cm³/mol. The maximum atomic E-state index is 12.6. The molecular formula is C43H45N3O6S. The highest BCUT2D eigenvalue weighted by Crippen LogP contribution is 2.41. The van der Waals surface area contributed by atoms with Gasteiger partial charge in [-0.1, -0.05) is 84.9 Å². The number of anilines is 2. The van der Waals surface area contributed by atoms with Crippen molar-refractivity contribution in [2.24, 2.45) is 0 Å². The third-order valence-corrected chi connectivity index (χ3v) is 10.2. The van der Waals surface area contributed by atoms with E-state index in [2.05, 4.69) is 34.9 Å². The van der Waals surface area contributed by atoms with E-state index in [1.807, 2.05) is 78.9 Å². The van der Waals surface area contributed by atoms with Gasteiger partial charge in [-0.05, 0) is 70.6 Å². The fourth-order valence-corrected chi connectivity index (χ4v) is 7.24. The highest BCUT2D eigenvalue weighted by Gasteiger charge is 2.32. The zero-order chi connectivity index (χ0) is 37.0. The molecule has 10 heteroatoms. The van der Waals surface area contributed by atoms with Crippen molar-refractivity contribution in [2.75, 3.05) is 23.9 Å². The number of nitrogens with one attached hydrogen (secondary N) is 2. The number of carbonyl (C=O) groups is 2. The van der Waals surface area contributed by atoms with E-state index in [4.69, 9.17) is 19.9 Å². The van der Waals surface area contributed by atoms with Gasteiger partial charge >= 0.3 is 0 Å². The Bertz CT molecular complexity index is 1990. The first-order chi connectivity index (χ1) is 25.9. The van der Waals surface area contributed by atoms with Crippen LogP contribution >= 0.6 is 11.8 Å². The van der Waals surface area contributed by atoms with Crippen LogP contribution in [0.1, 0.15) is 60.3 Å². The van der Waals surface area contributed by atoms with Crippen molar-refractivity contribution in [3.05, 3.63) is 144 Å². The molecule has 0 aliphatic carbocycles. The molecule has 0 unspecified atom stereocenters. The van der Waals surface area contributed by atoms with Gasteiger partial charge in [0.1, 0.15) is 5.75 Å². The fraction of sp³-hybridized carbons (Fsp3) is 0.256. The topological polar surface area (TPSA) is 132 Å². The standard InChI is InChI=1S/C43H45N3O6S/c1-50-38-15-4-5-16-40(38)53-28-35-25-39(31-21-19-29(27-47)20-22-31)52-43(51-35)34-12-7-11-33(24-34)32-10-6-9-30(23-32)26-45-41(48)17-8-18-42(49)46-37-14-3-2-13-36(37)44/h2-7,9-16,19-24,35,39,43,47H,8,17-18,25-28,44H2,1H3,(H,45,48)(H,46,49)/t35-,39+,43+/m1/s1. The molecule has 5 aromatic carbocycles. The molecule has 2 amide bonds. The highest BCUT2D eigenvalue weighted by molar-refractivity contribution is 7.99. The Morgan fingerprint density at radius 1 is 0.811 bits per heavy atom. The summed E-state index contributed by atoms with van der Waals surface area (Å²) in [6.45, 7) is 0.360. The van der Waals surface area contributed by atoms with Crippen molar-refractivity contribution in [2.45, 2.75) is 62.2 Å². The number of nitrogens with two attached hydrogens (primary N) is 1. The summed E-state index contributed by atoms with van der Waals surface area (Å²) in [4.78, 5) is 26.0. The molecule has 5 N–H and O–H groups in total. The number of hydrogen-bond acceptors (Lipinski definition) is 8. The van der Waals surface area contributed by atoms with Gasteiger partial charge in [0.25, 0.3) is 0 Å². The van der Waals surface area contributed by atoms with E-state index in [0.717, 1.165) is 49.8 Å². The Kier molecular flexibility index (Phi) is 13.2. The van der Waals surface area contributed by atoms with Crippen LogP contribution in [0.5, 0.6) is 5.75 Å². The maximum Gasteiger partial charge on any atom is 0.224 e. The Hall–Kier alpha value is -5.13. The Morgan fingerprint density at radius 2 is 1.55 bits per heavy atom. The molecule has 0 saturated carbocycles. The zero-order valence-electron chi connectivity index (χ0n) is 29.7. The van der Waals surface area contributed by atoms with Gasteiger partial charge in [-0.3, -0.25) is 9.59 Å². The van der Waals surface area contributed by atoms with Crippen LogP contribution in [0.4, 0.5) is 11.4 Å². The molecule has 3 atom stereocenters. The average Bonchev–Trinajstić information content (AvgIpc) is 3.20. The first kappa shape index (κ1) is 37.6. The normalized spacial score (nSPS) is 16.8. The Morgan fingerprint density at radius 3 is 2.34 bits per heavy atom. The lowest BCUT2D eigenvalue weighted by Gasteiger charge is -2.36. The smallest absolute Gasteiger partial charge is 0.224 e. The monoisotopic (exact) mass is 731 g/mol. The average molecular weight is 732 g/mol. The highest BCUT2D eigenvalue weighted by atomic mass is 32.2. The number of benzene rings is 5. The number of rotatable bonds is 15. The number of aliphatic hydroxyl groups excluding tert-OH is 1. The summed E-state index contributed by atoms with van der Waals surface area (Å²) in [6.07, 6.45) is 0.685. The molecule has 0 radical (unpaired) electrons. The van der Waals surface area contributed by atoms with E-state index in [-0.39, 0.29) is 43.5 Å². The van der Waals surface area contributed by atoms with Crippen LogP contribution in [0.3, 0.4) is 0 Å². The van der Waals surface area contributed by atoms with Gasteiger partial charge in [0.2, 0.25) is 11.8 Å². The summed E-state index contributed by atoms with van der Waals surface area (Å²) in [5.41, 5.74) is 12.7. The van der Waals surface area contributed by atoms with E-state index < -0.39 is 6.29 Å². The van der Waals surface area contributed by atoms with Crippen LogP contribution in [0.2, 0.25) is 0 Å². The summed E-state index contributed by atoms with van der Waals surface area (Å²) in [5.74, 6) is 1.26. The van der Waals surface area contributed by atoms with Gasteiger partial charge in [0.15, 0.2) is 6.29 Å². The molecule has 1 aliphatic heterocycles. The second kappa shape index (κ2) is 18.6. The van der Waals surface area contributed by atoms with Crippen molar-refractivity contribution in [1.29, 1.82) is 0 Å². The maximum absolute atomic E-state index is 12.6. The second-order valence-electron chi connectivity index (χ2n) is 12.9. The lowest BCUT2D eigenvalue weighted by atomic mass is 9.99. The fourth-order valence-electron chi connectivity index (χ4n) is 6.19. The number of methoxy groups -OCH3 is 1. The largest absolute Gasteiger partial charge is 0.496 e. The first-order valence-electron chi connectivity index (χ1n) is 17.7. The predicted octanol–water partition coefficient (Wildman–Crippen LogP) is 8.20. The Balaban J connectivity index is 1.09. The molecule has 0 aromatic heterocycles. The molecule has 1 saturated heterocycles. The third-order valence-electron chi connectivity index (χ3n) is 9.06. The van der Waals surface area contributed by atoms with Crippen LogP contribution in [-0.2, 0) is 32.2 Å². The van der Waals surface area contributed by atoms with Crippen LogP contribution in [0.15, 0.2) is 126 Å². The Labute approximate surface area is 314 Å². The molecule has 274 valence electrons. The number of nitrogen functional groups attached to an aromatic ring is 1. The third kappa shape index (κ3) is 10.5. The lowest BCUT2D eigenvalue weighted by molar-refractivity contribution is -0.245. The molecule has 0 bridgehead atoms. The van der Waals surface area contributed by atoms with Gasteiger partial charge in [-0.2, -0.15) is 0 Å². The number of amides is 2. The number of hydrogen-bond donors (Lipinski definition) is 4. The van der Waals surface area contributed by atoms with Gasteiger partial charge in [0.05, 0.1) is 37.3 Å². The second-order valence-corrected chi connectivity index (χ2v) is 14.0. The first-order valence-corrected chi connectivity index (χ1v) is 18.7. The molecule has 6 rings (SSSR count). The van der Waals surface area contributed by atoms with Gasteiger partial charge in [0, 0.05) is 42.0 Å². The van der Waals surface area contributed by atoms with E-state index in [1.165, 1.54) is 0 Å². The molecule has 9 nitrogen and oxygen atoms in total.